The molecule has 1 aliphatic carbocycles. The van der Waals surface area contributed by atoms with Gasteiger partial charge in [-0.3, -0.25) is 9.48 Å². The Morgan fingerprint density at radius 3 is 2.85 bits per heavy atom. The lowest BCUT2D eigenvalue weighted by Crippen LogP contribution is -2.46. The van der Waals surface area contributed by atoms with E-state index in [0.29, 0.717) is 24.0 Å². The van der Waals surface area contributed by atoms with Crippen LogP contribution >= 0.6 is 0 Å². The number of likely N-dealkylation sites (tertiary alicyclic amines) is 1. The van der Waals surface area contributed by atoms with Gasteiger partial charge in [0.2, 0.25) is 11.7 Å². The number of halogens is 5. The molecule has 4 atom stereocenters. The van der Waals surface area contributed by atoms with Gasteiger partial charge in [0.1, 0.15) is 19.4 Å². The standard InChI is InChI=1S/C30H35F5N8O3/c1-41-10-8-22(20(32)16-41)38-21-4-2-5-23-19(21)12-25(42(23)17-30(33,34)35)28-39-27(46-40-28)14-36-29(44)18-13-37-43(15-18)24-6-3-7-26(24)45-11-9-31/h2,4-5,12-13,15,20,22,24,26,38H,3,6-11,14,16-17H2,1H3,(H,36,44)/t20-,22+,24+,26+/m0/s1. The van der Waals surface area contributed by atoms with Gasteiger partial charge in [0, 0.05) is 30.4 Å². The molecule has 6 rings (SSSR count). The van der Waals surface area contributed by atoms with Crippen molar-refractivity contribution in [1.82, 2.24) is 34.7 Å². The zero-order valence-corrected chi connectivity index (χ0v) is 25.1. The van der Waals surface area contributed by atoms with Crippen molar-refractivity contribution in [2.45, 2.75) is 69.3 Å². The van der Waals surface area contributed by atoms with E-state index in [1.807, 2.05) is 11.9 Å². The summed E-state index contributed by atoms with van der Waals surface area (Å²) in [4.78, 5) is 19.0. The summed E-state index contributed by atoms with van der Waals surface area (Å²) < 4.78 is 82.1. The van der Waals surface area contributed by atoms with E-state index in [0.717, 1.165) is 23.8 Å². The second-order valence-corrected chi connectivity index (χ2v) is 11.8. The largest absolute Gasteiger partial charge is 0.406 e. The molecule has 1 amide bonds. The first-order valence-electron chi connectivity index (χ1n) is 15.2. The third kappa shape index (κ3) is 7.02. The fraction of sp³-hybridized carbons (Fsp3) is 0.533. The van der Waals surface area contributed by atoms with Crippen LogP contribution in [0.3, 0.4) is 0 Å². The SMILES string of the molecule is CN1CC[C@@H](Nc2cccc3c2cc(-c2noc(CNC(=O)c4cnn([C@@H]5CCC[C@H]5OCCF)c4)n2)n3CC(F)(F)F)[C@@H](F)C1. The second-order valence-electron chi connectivity index (χ2n) is 11.8. The minimum atomic E-state index is -4.55. The number of aromatic nitrogens is 5. The molecule has 2 N–H and O–H groups in total. The van der Waals surface area contributed by atoms with Crippen molar-refractivity contribution in [2.24, 2.45) is 0 Å². The van der Waals surface area contributed by atoms with Crippen molar-refractivity contribution < 1.29 is 36.0 Å². The second kappa shape index (κ2) is 13.4. The van der Waals surface area contributed by atoms with E-state index in [2.05, 4.69) is 25.9 Å². The molecule has 0 spiro atoms. The number of rotatable bonds is 11. The number of hydrogen-bond acceptors (Lipinski definition) is 8. The van der Waals surface area contributed by atoms with Gasteiger partial charge < -0.3 is 29.4 Å². The molecule has 2 aliphatic rings. The summed E-state index contributed by atoms with van der Waals surface area (Å²) >= 11 is 0. The summed E-state index contributed by atoms with van der Waals surface area (Å²) in [6.45, 7) is -1.10. The van der Waals surface area contributed by atoms with Crippen LogP contribution in [0.15, 0.2) is 41.2 Å². The maximum atomic E-state index is 14.8. The third-order valence-electron chi connectivity index (χ3n) is 8.50. The average molecular weight is 651 g/mol. The number of fused-ring (bicyclic) bond motifs is 1. The van der Waals surface area contributed by atoms with Crippen molar-refractivity contribution in [3.8, 4) is 11.5 Å². The fourth-order valence-corrected chi connectivity index (χ4v) is 6.29. The lowest BCUT2D eigenvalue weighted by atomic mass is 10.0. The number of anilines is 1. The Morgan fingerprint density at radius 2 is 2.07 bits per heavy atom. The zero-order valence-electron chi connectivity index (χ0n) is 25.1. The molecule has 248 valence electrons. The van der Waals surface area contributed by atoms with Crippen LogP contribution in [-0.4, -0.2) is 93.2 Å². The minimum absolute atomic E-state index is 0.00892. The van der Waals surface area contributed by atoms with Gasteiger partial charge in [-0.05, 0) is 50.9 Å². The van der Waals surface area contributed by atoms with Crippen LogP contribution < -0.4 is 10.6 Å². The van der Waals surface area contributed by atoms with Crippen LogP contribution in [0.25, 0.3) is 22.4 Å². The number of ether oxygens (including phenoxy) is 1. The molecule has 1 saturated heterocycles. The van der Waals surface area contributed by atoms with E-state index >= 15 is 0 Å². The number of alkyl halides is 5. The lowest BCUT2D eigenvalue weighted by molar-refractivity contribution is -0.139. The molecule has 11 nitrogen and oxygen atoms in total. The molecule has 1 aliphatic heterocycles. The molecule has 46 heavy (non-hydrogen) atoms. The van der Waals surface area contributed by atoms with Crippen molar-refractivity contribution >= 4 is 22.5 Å². The van der Waals surface area contributed by atoms with Gasteiger partial charge in [-0.15, -0.1) is 0 Å². The molecule has 0 bridgehead atoms. The topological polar surface area (TPSA) is 115 Å². The highest BCUT2D eigenvalue weighted by Crippen LogP contribution is 2.35. The number of piperidine rings is 1. The van der Waals surface area contributed by atoms with Crippen molar-refractivity contribution in [3.05, 3.63) is 48.1 Å². The van der Waals surface area contributed by atoms with Crippen molar-refractivity contribution in [2.75, 3.05) is 38.7 Å². The minimum Gasteiger partial charge on any atom is -0.379 e. The number of hydrogen-bond donors (Lipinski definition) is 2. The van der Waals surface area contributed by atoms with Gasteiger partial charge in [-0.2, -0.15) is 23.3 Å². The van der Waals surface area contributed by atoms with E-state index in [-0.39, 0.29) is 60.3 Å². The predicted molar refractivity (Wildman–Crippen MR) is 158 cm³/mol. The van der Waals surface area contributed by atoms with E-state index in [4.69, 9.17) is 9.26 Å². The van der Waals surface area contributed by atoms with Gasteiger partial charge >= 0.3 is 6.18 Å². The number of carbonyl (C=O) groups excluding carboxylic acids is 1. The Morgan fingerprint density at radius 1 is 1.22 bits per heavy atom. The van der Waals surface area contributed by atoms with Gasteiger partial charge in [-0.25, -0.2) is 8.78 Å². The lowest BCUT2D eigenvalue weighted by Gasteiger charge is -2.33. The monoisotopic (exact) mass is 650 g/mol. The van der Waals surface area contributed by atoms with Crippen LogP contribution in [0.4, 0.5) is 27.6 Å². The molecule has 1 aromatic carbocycles. The number of carbonyl (C=O) groups is 1. The molecular weight excluding hydrogens is 615 g/mol. The highest BCUT2D eigenvalue weighted by molar-refractivity contribution is 5.96. The predicted octanol–water partition coefficient (Wildman–Crippen LogP) is 4.91. The molecule has 4 heterocycles. The summed E-state index contributed by atoms with van der Waals surface area (Å²) in [5, 5.41) is 14.5. The Bertz CT molecular complexity index is 1650. The summed E-state index contributed by atoms with van der Waals surface area (Å²) in [5.41, 5.74) is 1.12. The maximum absolute atomic E-state index is 14.8. The normalized spacial score (nSPS) is 22.5. The molecule has 2 fully saturated rings. The summed E-state index contributed by atoms with van der Waals surface area (Å²) in [6.07, 6.45) is 0.147. The number of nitrogens with one attached hydrogen (secondary N) is 2. The Hall–Kier alpha value is -4.05. The highest BCUT2D eigenvalue weighted by atomic mass is 19.4. The van der Waals surface area contributed by atoms with Crippen LogP contribution in [0.1, 0.15) is 48.0 Å². The Balaban J connectivity index is 1.18. The van der Waals surface area contributed by atoms with E-state index in [9.17, 15) is 26.7 Å². The van der Waals surface area contributed by atoms with Gasteiger partial charge in [-0.1, -0.05) is 11.2 Å². The number of nitrogens with zero attached hydrogens (tertiary/aromatic N) is 6. The smallest absolute Gasteiger partial charge is 0.379 e. The van der Waals surface area contributed by atoms with Crippen LogP contribution in [0, 0.1) is 0 Å². The highest BCUT2D eigenvalue weighted by Gasteiger charge is 2.33. The first-order chi connectivity index (χ1) is 22.1. The third-order valence-corrected chi connectivity index (χ3v) is 8.50. The first-order valence-corrected chi connectivity index (χ1v) is 15.2. The number of amides is 1. The van der Waals surface area contributed by atoms with Crippen LogP contribution in [0.5, 0.6) is 0 Å². The van der Waals surface area contributed by atoms with Crippen molar-refractivity contribution in [1.29, 1.82) is 0 Å². The van der Waals surface area contributed by atoms with Crippen molar-refractivity contribution in [3.63, 3.8) is 0 Å². The maximum Gasteiger partial charge on any atom is 0.406 e. The molecular formula is C30H35F5N8O3. The van der Waals surface area contributed by atoms with Crippen LogP contribution in [0.2, 0.25) is 0 Å². The zero-order chi connectivity index (χ0) is 32.4. The number of benzene rings is 1. The van der Waals surface area contributed by atoms with E-state index < -0.39 is 37.5 Å². The first kappa shape index (κ1) is 31.9. The molecule has 16 heteroatoms. The molecule has 0 unspecified atom stereocenters. The van der Waals surface area contributed by atoms with Crippen LogP contribution in [-0.2, 0) is 17.8 Å². The molecule has 1 saturated carbocycles. The average Bonchev–Trinajstić information content (AvgIpc) is 3.82. The Kier molecular flexibility index (Phi) is 9.27. The molecule has 3 aromatic heterocycles. The summed E-state index contributed by atoms with van der Waals surface area (Å²) in [5.74, 6) is -0.570. The van der Waals surface area contributed by atoms with Gasteiger partial charge in [0.05, 0.1) is 54.3 Å². The molecule has 0 radical (unpaired) electrons. The van der Waals surface area contributed by atoms with Gasteiger partial charge in [0.25, 0.3) is 5.91 Å². The fourth-order valence-electron chi connectivity index (χ4n) is 6.29. The summed E-state index contributed by atoms with van der Waals surface area (Å²) in [6, 6.07) is 5.82. The van der Waals surface area contributed by atoms with E-state index in [1.165, 1.54) is 12.3 Å². The Labute approximate surface area is 261 Å². The van der Waals surface area contributed by atoms with E-state index in [1.54, 1.807) is 29.1 Å². The van der Waals surface area contributed by atoms with Gasteiger partial charge in [0.15, 0.2) is 0 Å². The molecule has 4 aromatic rings. The summed E-state index contributed by atoms with van der Waals surface area (Å²) in [7, 11) is 1.84. The quantitative estimate of drug-likeness (QED) is 0.220.